The highest BCUT2D eigenvalue weighted by Crippen LogP contribution is 2.33. The third-order valence-corrected chi connectivity index (χ3v) is 6.27. The van der Waals surface area contributed by atoms with Crippen molar-refractivity contribution in [1.82, 2.24) is 14.7 Å². The van der Waals surface area contributed by atoms with Gasteiger partial charge in [0.05, 0.1) is 6.54 Å². The van der Waals surface area contributed by atoms with Crippen molar-refractivity contribution in [3.8, 4) is 0 Å². The van der Waals surface area contributed by atoms with Crippen LogP contribution in [0.25, 0.3) is 0 Å². The number of amidine groups is 1. The Hall–Kier alpha value is -3.06. The van der Waals surface area contributed by atoms with E-state index in [2.05, 4.69) is 6.58 Å². The minimum absolute atomic E-state index is 0.208. The molecule has 0 aromatic heterocycles. The lowest BCUT2D eigenvalue weighted by Gasteiger charge is -2.41. The Kier molecular flexibility index (Phi) is 5.90. The molecule has 7 heteroatoms. The van der Waals surface area contributed by atoms with Gasteiger partial charge in [0.25, 0.3) is 5.91 Å². The third kappa shape index (κ3) is 3.85. The van der Waals surface area contributed by atoms with Gasteiger partial charge >= 0.3 is 6.03 Å². The number of imide groups is 1. The van der Waals surface area contributed by atoms with E-state index in [0.717, 1.165) is 16.3 Å². The highest BCUT2D eigenvalue weighted by Gasteiger charge is 2.51. The Morgan fingerprint density at radius 3 is 2.20 bits per heavy atom. The van der Waals surface area contributed by atoms with Crippen molar-refractivity contribution in [2.24, 2.45) is 4.99 Å². The monoisotopic (exact) mass is 420 g/mol. The maximum Gasteiger partial charge on any atom is 0.328 e. The molecule has 2 heterocycles. The van der Waals surface area contributed by atoms with Crippen LogP contribution in [0.4, 0.5) is 4.79 Å². The summed E-state index contributed by atoms with van der Waals surface area (Å²) in [5.41, 5.74) is 2.01. The van der Waals surface area contributed by atoms with E-state index < -0.39 is 12.2 Å². The van der Waals surface area contributed by atoms with Crippen molar-refractivity contribution < 1.29 is 9.59 Å². The first-order valence-electron chi connectivity index (χ1n) is 9.84. The number of hydrogen-bond acceptors (Lipinski definition) is 5. The largest absolute Gasteiger partial charge is 0.331 e. The summed E-state index contributed by atoms with van der Waals surface area (Å²) in [6.07, 6.45) is 1.29. The summed E-state index contributed by atoms with van der Waals surface area (Å²) in [4.78, 5) is 36.2. The molecule has 3 amide bonds. The van der Waals surface area contributed by atoms with Crippen LogP contribution >= 0.6 is 11.8 Å². The molecule has 2 atom stereocenters. The van der Waals surface area contributed by atoms with Gasteiger partial charge in [-0.15, -0.1) is 6.58 Å². The molecule has 0 spiro atoms. The fourth-order valence-corrected chi connectivity index (χ4v) is 4.56. The molecular weight excluding hydrogens is 396 g/mol. The van der Waals surface area contributed by atoms with Crippen LogP contribution in [-0.2, 0) is 17.9 Å². The number of likely N-dealkylation sites (N-methyl/N-ethyl adjacent to an activating group) is 1. The van der Waals surface area contributed by atoms with Crippen LogP contribution in [-0.4, -0.2) is 56.8 Å². The predicted octanol–water partition coefficient (Wildman–Crippen LogP) is 3.57. The van der Waals surface area contributed by atoms with Crippen LogP contribution in [0.3, 0.4) is 0 Å². The van der Waals surface area contributed by atoms with Gasteiger partial charge in [0, 0.05) is 19.3 Å². The van der Waals surface area contributed by atoms with Crippen molar-refractivity contribution in [3.05, 3.63) is 84.4 Å². The molecule has 4 rings (SSSR count). The fraction of sp³-hybridized carbons (Fsp3) is 0.261. The molecule has 1 saturated heterocycles. The normalized spacial score (nSPS) is 21.0. The summed E-state index contributed by atoms with van der Waals surface area (Å²) in [5, 5.41) is 0.767. The Morgan fingerprint density at radius 1 is 1.00 bits per heavy atom. The molecule has 6 nitrogen and oxygen atoms in total. The lowest BCUT2D eigenvalue weighted by Crippen LogP contribution is -2.64. The molecule has 2 aromatic rings. The molecule has 30 heavy (non-hydrogen) atoms. The fourth-order valence-electron chi connectivity index (χ4n) is 3.77. The number of hydrogen-bond donors (Lipinski definition) is 0. The van der Waals surface area contributed by atoms with Gasteiger partial charge in [-0.25, -0.2) is 9.79 Å². The van der Waals surface area contributed by atoms with Gasteiger partial charge in [0.2, 0.25) is 0 Å². The van der Waals surface area contributed by atoms with E-state index in [-0.39, 0.29) is 18.5 Å². The molecular formula is C23H24N4O2S. The van der Waals surface area contributed by atoms with Gasteiger partial charge in [0.1, 0.15) is 0 Å². The van der Waals surface area contributed by atoms with Gasteiger partial charge in [-0.05, 0) is 11.1 Å². The number of carbonyl (C=O) groups excluding carboxylic acids is 2. The van der Waals surface area contributed by atoms with Crippen LogP contribution < -0.4 is 0 Å². The zero-order valence-electron chi connectivity index (χ0n) is 16.8. The zero-order chi connectivity index (χ0) is 21.1. The lowest BCUT2D eigenvalue weighted by atomic mass is 10.1. The van der Waals surface area contributed by atoms with E-state index >= 15 is 0 Å². The lowest BCUT2D eigenvalue weighted by molar-refractivity contribution is -0.138. The van der Waals surface area contributed by atoms with Gasteiger partial charge in [-0.3, -0.25) is 9.69 Å². The number of urea groups is 1. The Balaban J connectivity index is 1.65. The smallest absolute Gasteiger partial charge is 0.328 e. The number of carbonyl (C=O) groups is 2. The van der Waals surface area contributed by atoms with E-state index in [1.165, 1.54) is 16.7 Å². The van der Waals surface area contributed by atoms with E-state index in [1.807, 2.05) is 71.6 Å². The number of fused-ring (bicyclic) bond motifs is 1. The Labute approximate surface area is 180 Å². The van der Waals surface area contributed by atoms with Gasteiger partial charge in [-0.1, -0.05) is 78.5 Å². The molecule has 0 bridgehead atoms. The van der Waals surface area contributed by atoms with Gasteiger partial charge in [0.15, 0.2) is 17.4 Å². The van der Waals surface area contributed by atoms with Crippen molar-refractivity contribution in [2.45, 2.75) is 25.3 Å². The van der Waals surface area contributed by atoms with Crippen LogP contribution in [0.5, 0.6) is 0 Å². The maximum absolute atomic E-state index is 13.5. The minimum atomic E-state index is -0.538. The van der Waals surface area contributed by atoms with Gasteiger partial charge in [-0.2, -0.15) is 0 Å². The van der Waals surface area contributed by atoms with E-state index in [4.69, 9.17) is 4.99 Å². The highest BCUT2D eigenvalue weighted by molar-refractivity contribution is 8.13. The summed E-state index contributed by atoms with van der Waals surface area (Å²) in [6.45, 7) is 4.59. The zero-order valence-corrected chi connectivity index (χ0v) is 17.7. The van der Waals surface area contributed by atoms with Crippen LogP contribution in [0.1, 0.15) is 11.1 Å². The average molecular weight is 421 g/mol. The SMILES string of the molecule is C=CCSC1=NC2C(C(=O)N(Cc3ccccc3)C(=O)N2C)N1Cc1ccccc1. The van der Waals surface area contributed by atoms with Crippen LogP contribution in [0, 0.1) is 0 Å². The van der Waals surface area contributed by atoms with E-state index in [0.29, 0.717) is 12.3 Å². The number of benzene rings is 2. The molecule has 2 aliphatic rings. The van der Waals surface area contributed by atoms with Gasteiger partial charge < -0.3 is 9.80 Å². The average Bonchev–Trinajstić information content (AvgIpc) is 3.13. The summed E-state index contributed by atoms with van der Waals surface area (Å²) in [7, 11) is 1.72. The number of nitrogens with zero attached hydrogens (tertiary/aromatic N) is 4. The first-order chi connectivity index (χ1) is 14.6. The standard InChI is InChI=1S/C23H24N4O2S/c1-3-14-30-22-24-20-19(26(22)15-17-10-6-4-7-11-17)21(28)27(23(29)25(20)2)16-18-12-8-5-9-13-18/h3-13,19-20H,1,14-16H2,2H3. The molecule has 2 aromatic carbocycles. The van der Waals surface area contributed by atoms with Crippen LogP contribution in [0.15, 0.2) is 78.3 Å². The Bertz CT molecular complexity index is 964. The summed E-state index contributed by atoms with van der Waals surface area (Å²) >= 11 is 1.54. The third-order valence-electron chi connectivity index (χ3n) is 5.26. The molecule has 1 fully saturated rings. The molecule has 0 N–H and O–H groups in total. The van der Waals surface area contributed by atoms with Crippen molar-refractivity contribution in [1.29, 1.82) is 0 Å². The quantitative estimate of drug-likeness (QED) is 0.671. The molecule has 0 aliphatic carbocycles. The number of aliphatic imine (C=N–C) groups is 1. The molecule has 0 radical (unpaired) electrons. The van der Waals surface area contributed by atoms with Crippen molar-refractivity contribution in [2.75, 3.05) is 12.8 Å². The number of rotatable bonds is 6. The second-order valence-corrected chi connectivity index (χ2v) is 8.27. The van der Waals surface area contributed by atoms with E-state index in [1.54, 1.807) is 11.9 Å². The summed E-state index contributed by atoms with van der Waals surface area (Å²) in [6, 6.07) is 18.7. The number of thioether (sulfide) groups is 1. The molecule has 2 unspecified atom stereocenters. The summed E-state index contributed by atoms with van der Waals surface area (Å²) in [5.74, 6) is 0.476. The van der Waals surface area contributed by atoms with Crippen LogP contribution in [0.2, 0.25) is 0 Å². The summed E-state index contributed by atoms with van der Waals surface area (Å²) < 4.78 is 0. The molecule has 154 valence electrons. The maximum atomic E-state index is 13.5. The second-order valence-electron chi connectivity index (χ2n) is 7.29. The first kappa shape index (κ1) is 20.2. The highest BCUT2D eigenvalue weighted by atomic mass is 32.2. The molecule has 2 aliphatic heterocycles. The van der Waals surface area contributed by atoms with Crippen molar-refractivity contribution in [3.63, 3.8) is 0 Å². The minimum Gasteiger partial charge on any atom is -0.331 e. The molecule has 0 saturated carbocycles. The second kappa shape index (κ2) is 8.75. The predicted molar refractivity (Wildman–Crippen MR) is 120 cm³/mol. The topological polar surface area (TPSA) is 56.2 Å². The first-order valence-corrected chi connectivity index (χ1v) is 10.8. The Morgan fingerprint density at radius 2 is 1.60 bits per heavy atom. The number of amides is 3. The van der Waals surface area contributed by atoms with E-state index in [9.17, 15) is 9.59 Å². The van der Waals surface area contributed by atoms with Crippen molar-refractivity contribution >= 4 is 28.9 Å².